The quantitative estimate of drug-likeness (QED) is 0.485. The van der Waals surface area contributed by atoms with Gasteiger partial charge in [0.1, 0.15) is 0 Å². The molecule has 3 rings (SSSR count). The van der Waals surface area contributed by atoms with E-state index in [-0.39, 0.29) is 42.7 Å². The fraction of sp³-hybridized carbons (Fsp3) is 0.300. The summed E-state index contributed by atoms with van der Waals surface area (Å²) in [6, 6.07) is 8.75. The second-order valence-electron chi connectivity index (χ2n) is 6.42. The van der Waals surface area contributed by atoms with E-state index in [1.54, 1.807) is 18.2 Å². The largest absolute Gasteiger partial charge is 0.493 e. The Morgan fingerprint density at radius 3 is 2.43 bits per heavy atom. The van der Waals surface area contributed by atoms with Crippen molar-refractivity contribution in [2.24, 2.45) is 0 Å². The molecule has 30 heavy (non-hydrogen) atoms. The highest BCUT2D eigenvalue weighted by molar-refractivity contribution is 7.89. The lowest BCUT2D eigenvalue weighted by molar-refractivity contribution is -0.385. The summed E-state index contributed by atoms with van der Waals surface area (Å²) in [6.07, 6.45) is 3.74. The number of nitro benzene ring substituents is 1. The summed E-state index contributed by atoms with van der Waals surface area (Å²) in [6.45, 7) is 2.85. The standard InChI is InChI=1S/C20H22N2O7S/c1-3-4-15-5-7-19(20(13-15)27-2)29-18-8-6-16(14-17(18)22(23)24)30(25,26)21-9-11-28-12-10-21/h3-8,13-14H,9-12H2,1-2H3/b4-3+. The van der Waals surface area contributed by atoms with Crippen molar-refractivity contribution in [1.82, 2.24) is 4.31 Å². The van der Waals surface area contributed by atoms with E-state index in [1.807, 2.05) is 19.1 Å². The van der Waals surface area contributed by atoms with Gasteiger partial charge in [-0.3, -0.25) is 10.1 Å². The first-order chi connectivity index (χ1) is 14.4. The van der Waals surface area contributed by atoms with Crippen LogP contribution in [0.15, 0.2) is 47.4 Å². The maximum absolute atomic E-state index is 12.8. The van der Waals surface area contributed by atoms with Gasteiger partial charge in [0.05, 0.1) is 30.1 Å². The Balaban J connectivity index is 1.96. The molecule has 0 saturated carbocycles. The van der Waals surface area contributed by atoms with E-state index in [0.29, 0.717) is 5.75 Å². The molecule has 1 aliphatic rings. The Hall–Kier alpha value is -2.95. The van der Waals surface area contributed by atoms with Crippen LogP contribution in [-0.2, 0) is 14.8 Å². The third kappa shape index (κ3) is 4.61. The third-order valence-corrected chi connectivity index (χ3v) is 6.40. The molecule has 1 aliphatic heterocycles. The fourth-order valence-corrected chi connectivity index (χ4v) is 4.43. The number of hydrogen-bond donors (Lipinski definition) is 0. The van der Waals surface area contributed by atoms with Gasteiger partial charge in [0.15, 0.2) is 11.5 Å². The fourth-order valence-electron chi connectivity index (χ4n) is 3.01. The molecule has 10 heteroatoms. The van der Waals surface area contributed by atoms with Gasteiger partial charge in [-0.05, 0) is 36.8 Å². The van der Waals surface area contributed by atoms with Gasteiger partial charge < -0.3 is 14.2 Å². The van der Waals surface area contributed by atoms with Gasteiger partial charge in [-0.2, -0.15) is 4.31 Å². The number of nitrogens with zero attached hydrogens (tertiary/aromatic N) is 2. The molecule has 160 valence electrons. The minimum absolute atomic E-state index is 0.0852. The minimum atomic E-state index is -3.87. The second kappa shape index (κ2) is 9.24. The first-order valence-corrected chi connectivity index (χ1v) is 10.7. The predicted molar refractivity (Wildman–Crippen MR) is 110 cm³/mol. The van der Waals surface area contributed by atoms with Crippen LogP contribution in [0.5, 0.6) is 17.2 Å². The molecule has 1 heterocycles. The van der Waals surface area contributed by atoms with Gasteiger partial charge >= 0.3 is 5.69 Å². The molecule has 0 atom stereocenters. The number of rotatable bonds is 7. The zero-order valence-electron chi connectivity index (χ0n) is 16.6. The van der Waals surface area contributed by atoms with Crippen LogP contribution in [0.25, 0.3) is 6.08 Å². The highest BCUT2D eigenvalue weighted by Gasteiger charge is 2.29. The molecule has 0 radical (unpaired) electrons. The van der Waals surface area contributed by atoms with Crippen LogP contribution in [0.3, 0.4) is 0 Å². The smallest absolute Gasteiger partial charge is 0.312 e. The maximum Gasteiger partial charge on any atom is 0.312 e. The van der Waals surface area contributed by atoms with Crippen LogP contribution in [0, 0.1) is 10.1 Å². The van der Waals surface area contributed by atoms with Crippen molar-refractivity contribution in [3.05, 3.63) is 58.2 Å². The first kappa shape index (κ1) is 21.8. The van der Waals surface area contributed by atoms with Crippen molar-refractivity contribution in [2.75, 3.05) is 33.4 Å². The van der Waals surface area contributed by atoms with E-state index in [1.165, 1.54) is 23.5 Å². The highest BCUT2D eigenvalue weighted by Crippen LogP contribution is 2.38. The topological polar surface area (TPSA) is 108 Å². The second-order valence-corrected chi connectivity index (χ2v) is 8.35. The summed E-state index contributed by atoms with van der Waals surface area (Å²) in [5, 5.41) is 11.6. The van der Waals surface area contributed by atoms with Crippen LogP contribution < -0.4 is 9.47 Å². The first-order valence-electron chi connectivity index (χ1n) is 9.21. The molecular formula is C20H22N2O7S. The van der Waals surface area contributed by atoms with E-state index in [0.717, 1.165) is 11.6 Å². The SMILES string of the molecule is C/C=C/c1ccc(Oc2ccc(S(=O)(=O)N3CCOCC3)cc2[N+](=O)[O-])c(OC)c1. The number of benzene rings is 2. The van der Waals surface area contributed by atoms with Gasteiger partial charge in [-0.1, -0.05) is 18.2 Å². The molecular weight excluding hydrogens is 412 g/mol. The average Bonchev–Trinajstić information content (AvgIpc) is 2.75. The molecule has 0 bridgehead atoms. The van der Waals surface area contributed by atoms with E-state index in [4.69, 9.17) is 14.2 Å². The Kier molecular flexibility index (Phi) is 6.70. The van der Waals surface area contributed by atoms with Crippen LogP contribution in [-0.4, -0.2) is 51.1 Å². The number of ether oxygens (including phenoxy) is 3. The van der Waals surface area contributed by atoms with Crippen LogP contribution >= 0.6 is 0 Å². The molecule has 2 aromatic carbocycles. The molecule has 1 saturated heterocycles. The number of sulfonamides is 1. The summed E-state index contributed by atoms with van der Waals surface area (Å²) in [4.78, 5) is 10.8. The van der Waals surface area contributed by atoms with E-state index in [9.17, 15) is 18.5 Å². The molecule has 0 unspecified atom stereocenters. The zero-order valence-corrected chi connectivity index (χ0v) is 17.4. The van der Waals surface area contributed by atoms with Crippen molar-refractivity contribution in [3.8, 4) is 17.2 Å². The molecule has 0 N–H and O–H groups in total. The summed E-state index contributed by atoms with van der Waals surface area (Å²) in [5.74, 6) is 0.584. The molecule has 0 aliphatic carbocycles. The summed E-state index contributed by atoms with van der Waals surface area (Å²) < 4.78 is 43.1. The van der Waals surface area contributed by atoms with E-state index in [2.05, 4.69) is 0 Å². The van der Waals surface area contributed by atoms with Gasteiger partial charge in [-0.25, -0.2) is 8.42 Å². The normalized spacial score (nSPS) is 15.3. The average molecular weight is 434 g/mol. The van der Waals surface area contributed by atoms with Gasteiger partial charge in [-0.15, -0.1) is 0 Å². The summed E-state index contributed by atoms with van der Waals surface area (Å²) in [5.41, 5.74) is 0.423. The number of morpholine rings is 1. The number of hydrogen-bond acceptors (Lipinski definition) is 7. The minimum Gasteiger partial charge on any atom is -0.493 e. The third-order valence-electron chi connectivity index (χ3n) is 4.50. The number of allylic oxidation sites excluding steroid dienone is 1. The van der Waals surface area contributed by atoms with Gasteiger partial charge in [0.25, 0.3) is 0 Å². The predicted octanol–water partition coefficient (Wildman–Crippen LogP) is 3.45. The summed E-state index contributed by atoms with van der Waals surface area (Å²) in [7, 11) is -2.41. The van der Waals surface area contributed by atoms with Crippen molar-refractivity contribution >= 4 is 21.8 Å². The number of nitro groups is 1. The Morgan fingerprint density at radius 1 is 1.10 bits per heavy atom. The lowest BCUT2D eigenvalue weighted by Gasteiger charge is -2.26. The van der Waals surface area contributed by atoms with Gasteiger partial charge in [0.2, 0.25) is 15.8 Å². The van der Waals surface area contributed by atoms with Gasteiger partial charge in [0, 0.05) is 19.2 Å². The van der Waals surface area contributed by atoms with Crippen molar-refractivity contribution in [1.29, 1.82) is 0 Å². The maximum atomic E-state index is 12.8. The molecule has 0 amide bonds. The summed E-state index contributed by atoms with van der Waals surface area (Å²) >= 11 is 0. The van der Waals surface area contributed by atoms with Crippen LogP contribution in [0.2, 0.25) is 0 Å². The molecule has 9 nitrogen and oxygen atoms in total. The van der Waals surface area contributed by atoms with E-state index >= 15 is 0 Å². The zero-order chi connectivity index (χ0) is 21.7. The molecule has 0 spiro atoms. The number of methoxy groups -OCH3 is 1. The Morgan fingerprint density at radius 2 is 1.80 bits per heavy atom. The molecule has 0 aromatic heterocycles. The van der Waals surface area contributed by atoms with Crippen LogP contribution in [0.4, 0.5) is 5.69 Å². The van der Waals surface area contributed by atoms with E-state index < -0.39 is 20.6 Å². The Bertz CT molecular complexity index is 1060. The molecule has 1 fully saturated rings. The van der Waals surface area contributed by atoms with Crippen molar-refractivity contribution in [2.45, 2.75) is 11.8 Å². The highest BCUT2D eigenvalue weighted by atomic mass is 32.2. The van der Waals surface area contributed by atoms with Crippen molar-refractivity contribution in [3.63, 3.8) is 0 Å². The lowest BCUT2D eigenvalue weighted by atomic mass is 10.2. The lowest BCUT2D eigenvalue weighted by Crippen LogP contribution is -2.40. The molecule has 2 aromatic rings. The Labute approximate surface area is 174 Å². The van der Waals surface area contributed by atoms with Crippen LogP contribution in [0.1, 0.15) is 12.5 Å². The monoisotopic (exact) mass is 434 g/mol. The van der Waals surface area contributed by atoms with Crippen molar-refractivity contribution < 1.29 is 27.6 Å².